The maximum atomic E-state index is 13.6. The summed E-state index contributed by atoms with van der Waals surface area (Å²) in [6, 6.07) is 11.5. The fourth-order valence-electron chi connectivity index (χ4n) is 4.44. The Labute approximate surface area is 234 Å². The van der Waals surface area contributed by atoms with Crippen LogP contribution in [0.3, 0.4) is 0 Å². The smallest absolute Gasteiger partial charge is 0.244 e. The number of amides is 2. The third-order valence-electron chi connectivity index (χ3n) is 6.54. The minimum atomic E-state index is -3.94. The standard InChI is InChI=1S/C26H32Cl3N3O4S/c1-18(26(34)30-20-11-7-4-8-12-20)31(14-13-19-9-5-3-6-10-19)25(33)17-32(37(2,35)36)24-16-22(28)21(27)15-23(24)29/h3,5-6,9-10,15-16,18,20H,4,7-8,11-14,17H2,1-2H3,(H,30,34)/t18-/m0/s1. The lowest BCUT2D eigenvalue weighted by Crippen LogP contribution is -2.53. The SMILES string of the molecule is C[C@@H](C(=O)NC1CCCCC1)N(CCc1ccccc1)C(=O)CN(c1cc(Cl)c(Cl)cc1Cl)S(C)(=O)=O. The summed E-state index contributed by atoms with van der Waals surface area (Å²) in [7, 11) is -3.94. The van der Waals surface area contributed by atoms with Crippen molar-refractivity contribution >= 4 is 62.3 Å². The second-order valence-corrected chi connectivity index (χ2v) is 12.5. The first-order valence-electron chi connectivity index (χ1n) is 12.2. The molecule has 0 aliphatic heterocycles. The summed E-state index contributed by atoms with van der Waals surface area (Å²) in [6.07, 6.45) is 6.57. The summed E-state index contributed by atoms with van der Waals surface area (Å²) in [5, 5.41) is 3.37. The molecule has 0 heterocycles. The highest BCUT2D eigenvalue weighted by Crippen LogP contribution is 2.35. The van der Waals surface area contributed by atoms with Crippen LogP contribution in [0, 0.1) is 0 Å². The zero-order chi connectivity index (χ0) is 27.2. The first-order chi connectivity index (χ1) is 17.5. The van der Waals surface area contributed by atoms with Crippen LogP contribution in [0.15, 0.2) is 42.5 Å². The van der Waals surface area contributed by atoms with E-state index in [1.807, 2.05) is 30.3 Å². The van der Waals surface area contributed by atoms with E-state index in [2.05, 4.69) is 5.32 Å². The maximum Gasteiger partial charge on any atom is 0.244 e. The molecule has 2 aromatic rings. The molecule has 202 valence electrons. The molecule has 0 unspecified atom stereocenters. The Morgan fingerprint density at radius 3 is 2.24 bits per heavy atom. The fourth-order valence-corrected chi connectivity index (χ4v) is 5.98. The number of hydrogen-bond donors (Lipinski definition) is 1. The Morgan fingerprint density at radius 2 is 1.62 bits per heavy atom. The summed E-state index contributed by atoms with van der Waals surface area (Å²) in [6.45, 7) is 1.35. The molecule has 2 amide bonds. The molecular weight excluding hydrogens is 557 g/mol. The second kappa shape index (κ2) is 13.2. The van der Waals surface area contributed by atoms with Crippen molar-refractivity contribution in [3.05, 3.63) is 63.1 Å². The number of rotatable bonds is 10. The number of nitrogens with one attached hydrogen (secondary N) is 1. The third-order valence-corrected chi connectivity index (χ3v) is 8.69. The van der Waals surface area contributed by atoms with Crippen molar-refractivity contribution in [1.82, 2.24) is 10.2 Å². The molecule has 0 radical (unpaired) electrons. The van der Waals surface area contributed by atoms with Gasteiger partial charge < -0.3 is 10.2 Å². The van der Waals surface area contributed by atoms with E-state index in [1.165, 1.54) is 17.0 Å². The van der Waals surface area contributed by atoms with Gasteiger partial charge in [-0.1, -0.05) is 84.4 Å². The summed E-state index contributed by atoms with van der Waals surface area (Å²) >= 11 is 18.4. The van der Waals surface area contributed by atoms with Crippen molar-refractivity contribution in [3.8, 4) is 0 Å². The topological polar surface area (TPSA) is 86.8 Å². The normalized spacial score (nSPS) is 15.2. The highest BCUT2D eigenvalue weighted by atomic mass is 35.5. The van der Waals surface area contributed by atoms with E-state index in [0.717, 1.165) is 48.2 Å². The molecule has 7 nitrogen and oxygen atoms in total. The second-order valence-electron chi connectivity index (χ2n) is 9.33. The highest BCUT2D eigenvalue weighted by molar-refractivity contribution is 7.92. The number of halogens is 3. The quantitative estimate of drug-likeness (QED) is 0.381. The van der Waals surface area contributed by atoms with Gasteiger partial charge in [-0.3, -0.25) is 13.9 Å². The van der Waals surface area contributed by atoms with Gasteiger partial charge in [-0.25, -0.2) is 8.42 Å². The van der Waals surface area contributed by atoms with E-state index in [9.17, 15) is 18.0 Å². The van der Waals surface area contributed by atoms with Crippen molar-refractivity contribution in [2.45, 2.75) is 57.5 Å². The van der Waals surface area contributed by atoms with Crippen molar-refractivity contribution in [2.75, 3.05) is 23.7 Å². The lowest BCUT2D eigenvalue weighted by Gasteiger charge is -2.33. The minimum Gasteiger partial charge on any atom is -0.352 e. The van der Waals surface area contributed by atoms with Crippen LogP contribution in [0.25, 0.3) is 0 Å². The lowest BCUT2D eigenvalue weighted by molar-refractivity contribution is -0.139. The molecule has 2 aromatic carbocycles. The van der Waals surface area contributed by atoms with Crippen molar-refractivity contribution in [1.29, 1.82) is 0 Å². The van der Waals surface area contributed by atoms with Crippen LogP contribution in [-0.4, -0.2) is 56.6 Å². The van der Waals surface area contributed by atoms with E-state index in [-0.39, 0.29) is 39.2 Å². The predicted octanol–water partition coefficient (Wildman–Crippen LogP) is 5.32. The Kier molecular flexibility index (Phi) is 10.5. The van der Waals surface area contributed by atoms with Crippen LogP contribution in [0.4, 0.5) is 5.69 Å². The summed E-state index contributed by atoms with van der Waals surface area (Å²) in [5.74, 6) is -0.790. The Balaban J connectivity index is 1.86. The molecule has 1 atom stereocenters. The zero-order valence-corrected chi connectivity index (χ0v) is 24.0. The number of carbonyl (C=O) groups is 2. The van der Waals surface area contributed by atoms with Gasteiger partial charge in [-0.05, 0) is 43.9 Å². The zero-order valence-electron chi connectivity index (χ0n) is 20.9. The third kappa shape index (κ3) is 8.24. The van der Waals surface area contributed by atoms with Gasteiger partial charge in [0.25, 0.3) is 0 Å². The van der Waals surface area contributed by atoms with Crippen LogP contribution in [0.5, 0.6) is 0 Å². The molecule has 1 saturated carbocycles. The number of nitrogens with zero attached hydrogens (tertiary/aromatic N) is 2. The molecule has 1 N–H and O–H groups in total. The number of carbonyl (C=O) groups excluding carboxylic acids is 2. The van der Waals surface area contributed by atoms with Crippen LogP contribution in [0.1, 0.15) is 44.6 Å². The number of sulfonamides is 1. The molecule has 1 fully saturated rings. The van der Waals surface area contributed by atoms with Gasteiger partial charge in [0.15, 0.2) is 0 Å². The van der Waals surface area contributed by atoms with E-state index >= 15 is 0 Å². The molecule has 0 spiro atoms. The van der Waals surface area contributed by atoms with E-state index in [0.29, 0.717) is 6.42 Å². The Hall–Kier alpha value is -2.00. The largest absolute Gasteiger partial charge is 0.352 e. The number of benzene rings is 2. The summed E-state index contributed by atoms with van der Waals surface area (Å²) < 4.78 is 26.3. The molecule has 0 aromatic heterocycles. The molecule has 3 rings (SSSR count). The Bertz CT molecular complexity index is 1210. The first-order valence-corrected chi connectivity index (χ1v) is 15.2. The molecule has 0 bridgehead atoms. The van der Waals surface area contributed by atoms with E-state index in [1.54, 1.807) is 6.92 Å². The molecule has 0 saturated heterocycles. The Morgan fingerprint density at radius 1 is 1.00 bits per heavy atom. The average molecular weight is 589 g/mol. The molecule has 11 heteroatoms. The lowest BCUT2D eigenvalue weighted by atomic mass is 9.95. The summed E-state index contributed by atoms with van der Waals surface area (Å²) in [5.41, 5.74) is 1.03. The number of hydrogen-bond acceptors (Lipinski definition) is 4. The van der Waals surface area contributed by atoms with Gasteiger partial charge in [0.2, 0.25) is 21.8 Å². The van der Waals surface area contributed by atoms with Crippen LogP contribution >= 0.6 is 34.8 Å². The molecular formula is C26H32Cl3N3O4S. The molecule has 37 heavy (non-hydrogen) atoms. The molecule has 1 aliphatic carbocycles. The maximum absolute atomic E-state index is 13.6. The fraction of sp³-hybridized carbons (Fsp3) is 0.462. The van der Waals surface area contributed by atoms with Gasteiger partial charge in [-0.15, -0.1) is 0 Å². The first kappa shape index (κ1) is 29.6. The predicted molar refractivity (Wildman–Crippen MR) is 150 cm³/mol. The van der Waals surface area contributed by atoms with Crippen LogP contribution in [-0.2, 0) is 26.0 Å². The van der Waals surface area contributed by atoms with Gasteiger partial charge >= 0.3 is 0 Å². The van der Waals surface area contributed by atoms with Crippen LogP contribution in [0.2, 0.25) is 15.1 Å². The van der Waals surface area contributed by atoms with Gasteiger partial charge in [0.1, 0.15) is 12.6 Å². The van der Waals surface area contributed by atoms with Crippen molar-refractivity contribution in [3.63, 3.8) is 0 Å². The monoisotopic (exact) mass is 587 g/mol. The minimum absolute atomic E-state index is 0.0338. The highest BCUT2D eigenvalue weighted by Gasteiger charge is 2.31. The summed E-state index contributed by atoms with van der Waals surface area (Å²) in [4.78, 5) is 28.2. The van der Waals surface area contributed by atoms with Crippen LogP contribution < -0.4 is 9.62 Å². The van der Waals surface area contributed by atoms with Gasteiger partial charge in [0, 0.05) is 12.6 Å². The number of anilines is 1. The van der Waals surface area contributed by atoms with E-state index in [4.69, 9.17) is 34.8 Å². The van der Waals surface area contributed by atoms with Gasteiger partial charge in [-0.2, -0.15) is 0 Å². The van der Waals surface area contributed by atoms with Crippen molar-refractivity contribution < 1.29 is 18.0 Å². The van der Waals surface area contributed by atoms with Crippen molar-refractivity contribution in [2.24, 2.45) is 0 Å². The molecule has 1 aliphatic rings. The average Bonchev–Trinajstić information content (AvgIpc) is 2.85. The van der Waals surface area contributed by atoms with Gasteiger partial charge in [0.05, 0.1) is 27.0 Å². The van der Waals surface area contributed by atoms with E-state index < -0.39 is 28.5 Å².